The fourth-order valence-corrected chi connectivity index (χ4v) is 1.56. The number of nitrogens with one attached hydrogen (secondary N) is 1. The zero-order valence-corrected chi connectivity index (χ0v) is 9.88. The number of anilines is 2. The summed E-state index contributed by atoms with van der Waals surface area (Å²) in [5, 5.41) is 1.89. The first-order valence-corrected chi connectivity index (χ1v) is 5.40. The van der Waals surface area contributed by atoms with Gasteiger partial charge in [0.05, 0.1) is 11.4 Å². The van der Waals surface area contributed by atoms with Crippen molar-refractivity contribution in [3.63, 3.8) is 0 Å². The number of carbonyl (C=O) groups excluding carboxylic acids is 1. The summed E-state index contributed by atoms with van der Waals surface area (Å²) in [5.41, 5.74) is 3.29. The van der Waals surface area contributed by atoms with Crippen molar-refractivity contribution in [3.05, 3.63) is 59.2 Å². The molecule has 0 aromatic heterocycles. The van der Waals surface area contributed by atoms with Crippen LogP contribution in [0, 0.1) is 23.3 Å². The molecule has 0 aliphatic rings. The standard InChI is InChI=1S/C13H8F4N2O/c14-6-4-5-8(18)12(17)10(6)13(20)19-9-3-1-2-7(15)11(9)16/h1-5H,18H2,(H,19,20). The molecule has 2 rings (SSSR count). The largest absolute Gasteiger partial charge is 0.396 e. The van der Waals surface area contributed by atoms with Gasteiger partial charge in [0, 0.05) is 0 Å². The highest BCUT2D eigenvalue weighted by molar-refractivity contribution is 6.05. The number of amides is 1. The van der Waals surface area contributed by atoms with Crippen molar-refractivity contribution in [1.82, 2.24) is 0 Å². The minimum Gasteiger partial charge on any atom is -0.396 e. The summed E-state index contributed by atoms with van der Waals surface area (Å²) < 4.78 is 53.4. The number of carbonyl (C=O) groups is 1. The normalized spacial score (nSPS) is 10.4. The van der Waals surface area contributed by atoms with Gasteiger partial charge in [0.25, 0.3) is 5.91 Å². The Morgan fingerprint density at radius 2 is 1.65 bits per heavy atom. The molecule has 0 saturated carbocycles. The Labute approximate surface area is 111 Å². The van der Waals surface area contributed by atoms with E-state index in [0.29, 0.717) is 0 Å². The van der Waals surface area contributed by atoms with E-state index in [2.05, 4.69) is 0 Å². The Morgan fingerprint density at radius 3 is 2.35 bits per heavy atom. The topological polar surface area (TPSA) is 55.1 Å². The lowest BCUT2D eigenvalue weighted by Crippen LogP contribution is -2.18. The number of rotatable bonds is 2. The summed E-state index contributed by atoms with van der Waals surface area (Å²) in [5.74, 6) is -6.22. The third-order valence-electron chi connectivity index (χ3n) is 2.55. The van der Waals surface area contributed by atoms with E-state index in [1.807, 2.05) is 5.32 Å². The molecule has 0 aliphatic carbocycles. The highest BCUT2D eigenvalue weighted by Gasteiger charge is 2.21. The van der Waals surface area contributed by atoms with Gasteiger partial charge in [0.1, 0.15) is 11.4 Å². The summed E-state index contributed by atoms with van der Waals surface area (Å²) in [7, 11) is 0. The van der Waals surface area contributed by atoms with Crippen molar-refractivity contribution < 1.29 is 22.4 Å². The van der Waals surface area contributed by atoms with Crippen LogP contribution in [0.2, 0.25) is 0 Å². The molecule has 0 spiro atoms. The Morgan fingerprint density at radius 1 is 0.950 bits per heavy atom. The lowest BCUT2D eigenvalue weighted by molar-refractivity contribution is 0.101. The third-order valence-corrected chi connectivity index (χ3v) is 2.55. The van der Waals surface area contributed by atoms with Crippen LogP contribution in [0.3, 0.4) is 0 Å². The molecule has 0 radical (unpaired) electrons. The van der Waals surface area contributed by atoms with Gasteiger partial charge in [0.15, 0.2) is 17.5 Å². The van der Waals surface area contributed by atoms with E-state index in [-0.39, 0.29) is 0 Å². The smallest absolute Gasteiger partial charge is 0.261 e. The number of hydrogen-bond donors (Lipinski definition) is 2. The number of nitrogens with two attached hydrogens (primary N) is 1. The lowest BCUT2D eigenvalue weighted by atomic mass is 10.1. The van der Waals surface area contributed by atoms with Gasteiger partial charge in [-0.25, -0.2) is 17.6 Å². The number of hydrogen-bond acceptors (Lipinski definition) is 2. The van der Waals surface area contributed by atoms with Gasteiger partial charge in [-0.3, -0.25) is 4.79 Å². The van der Waals surface area contributed by atoms with Crippen LogP contribution in [0.25, 0.3) is 0 Å². The van der Waals surface area contributed by atoms with Crippen LogP contribution in [-0.4, -0.2) is 5.91 Å². The molecule has 2 aromatic rings. The predicted molar refractivity (Wildman–Crippen MR) is 65.1 cm³/mol. The summed E-state index contributed by atoms with van der Waals surface area (Å²) in [6, 6.07) is 4.78. The quantitative estimate of drug-likeness (QED) is 0.657. The number of nitrogen functional groups attached to an aromatic ring is 1. The minimum absolute atomic E-state index is 0.434. The van der Waals surface area contributed by atoms with Crippen molar-refractivity contribution in [3.8, 4) is 0 Å². The van der Waals surface area contributed by atoms with E-state index in [0.717, 1.165) is 30.3 Å². The summed E-state index contributed by atoms with van der Waals surface area (Å²) in [6.45, 7) is 0. The van der Waals surface area contributed by atoms with Crippen LogP contribution >= 0.6 is 0 Å². The highest BCUT2D eigenvalue weighted by atomic mass is 19.2. The molecule has 0 bridgehead atoms. The average Bonchev–Trinajstić information content (AvgIpc) is 2.40. The molecule has 0 heterocycles. The van der Waals surface area contributed by atoms with E-state index in [9.17, 15) is 22.4 Å². The van der Waals surface area contributed by atoms with E-state index in [1.165, 1.54) is 0 Å². The Kier molecular flexibility index (Phi) is 3.60. The molecule has 0 saturated heterocycles. The Balaban J connectivity index is 2.39. The maximum Gasteiger partial charge on any atom is 0.261 e. The summed E-state index contributed by atoms with van der Waals surface area (Å²) in [6.07, 6.45) is 0. The van der Waals surface area contributed by atoms with E-state index in [4.69, 9.17) is 5.73 Å². The molecule has 0 unspecified atom stereocenters. The summed E-state index contributed by atoms with van der Waals surface area (Å²) >= 11 is 0. The predicted octanol–water partition coefficient (Wildman–Crippen LogP) is 3.08. The maximum atomic E-state index is 13.6. The second-order valence-electron chi connectivity index (χ2n) is 3.88. The Bertz CT molecular complexity index is 688. The summed E-state index contributed by atoms with van der Waals surface area (Å²) in [4.78, 5) is 11.7. The number of halogens is 4. The average molecular weight is 284 g/mol. The molecule has 2 aromatic carbocycles. The van der Waals surface area contributed by atoms with E-state index in [1.54, 1.807) is 0 Å². The van der Waals surface area contributed by atoms with Gasteiger partial charge in [-0.15, -0.1) is 0 Å². The molecule has 0 atom stereocenters. The lowest BCUT2D eigenvalue weighted by Gasteiger charge is -2.09. The van der Waals surface area contributed by atoms with Crippen molar-refractivity contribution in [1.29, 1.82) is 0 Å². The fraction of sp³-hybridized carbons (Fsp3) is 0. The van der Waals surface area contributed by atoms with Crippen LogP contribution in [0.4, 0.5) is 28.9 Å². The SMILES string of the molecule is Nc1ccc(F)c(C(=O)Nc2cccc(F)c2F)c1F. The van der Waals surface area contributed by atoms with E-state index < -0.39 is 46.1 Å². The first kappa shape index (κ1) is 13.9. The van der Waals surface area contributed by atoms with Crippen LogP contribution < -0.4 is 11.1 Å². The zero-order chi connectivity index (χ0) is 14.9. The molecule has 0 aliphatic heterocycles. The van der Waals surface area contributed by atoms with Crippen LogP contribution in [0.15, 0.2) is 30.3 Å². The van der Waals surface area contributed by atoms with Crippen LogP contribution in [-0.2, 0) is 0 Å². The van der Waals surface area contributed by atoms with Gasteiger partial charge in [0.2, 0.25) is 0 Å². The first-order valence-electron chi connectivity index (χ1n) is 5.40. The molecule has 104 valence electrons. The van der Waals surface area contributed by atoms with Gasteiger partial charge in [-0.05, 0) is 24.3 Å². The van der Waals surface area contributed by atoms with Gasteiger partial charge < -0.3 is 11.1 Å². The second-order valence-corrected chi connectivity index (χ2v) is 3.88. The molecule has 0 fully saturated rings. The first-order chi connectivity index (χ1) is 9.41. The molecular weight excluding hydrogens is 276 g/mol. The molecular formula is C13H8F4N2O. The molecule has 3 N–H and O–H groups in total. The van der Waals surface area contributed by atoms with Crippen molar-refractivity contribution in [2.45, 2.75) is 0 Å². The van der Waals surface area contributed by atoms with Gasteiger partial charge in [-0.2, -0.15) is 0 Å². The van der Waals surface area contributed by atoms with Crippen molar-refractivity contribution in [2.24, 2.45) is 0 Å². The van der Waals surface area contributed by atoms with Crippen molar-refractivity contribution >= 4 is 17.3 Å². The second kappa shape index (κ2) is 5.20. The zero-order valence-electron chi connectivity index (χ0n) is 9.88. The maximum absolute atomic E-state index is 13.6. The van der Waals surface area contributed by atoms with Gasteiger partial charge in [-0.1, -0.05) is 6.07 Å². The molecule has 3 nitrogen and oxygen atoms in total. The monoisotopic (exact) mass is 284 g/mol. The Hall–Kier alpha value is -2.57. The van der Waals surface area contributed by atoms with Crippen molar-refractivity contribution in [2.75, 3.05) is 11.1 Å². The third kappa shape index (κ3) is 2.42. The van der Waals surface area contributed by atoms with E-state index >= 15 is 0 Å². The highest BCUT2D eigenvalue weighted by Crippen LogP contribution is 2.22. The minimum atomic E-state index is -1.33. The fourth-order valence-electron chi connectivity index (χ4n) is 1.56. The molecule has 7 heteroatoms. The van der Waals surface area contributed by atoms with Gasteiger partial charge >= 0.3 is 0 Å². The van der Waals surface area contributed by atoms with Crippen LogP contribution in [0.1, 0.15) is 10.4 Å². The number of benzene rings is 2. The van der Waals surface area contributed by atoms with Crippen LogP contribution in [0.5, 0.6) is 0 Å². The molecule has 1 amide bonds. The molecule has 20 heavy (non-hydrogen) atoms.